The van der Waals surface area contributed by atoms with E-state index in [0.29, 0.717) is 17.1 Å². The van der Waals surface area contributed by atoms with Gasteiger partial charge in [0.25, 0.3) is 11.8 Å². The van der Waals surface area contributed by atoms with Crippen LogP contribution < -0.4 is 21.3 Å². The zero-order valence-corrected chi connectivity index (χ0v) is 18.9. The van der Waals surface area contributed by atoms with Gasteiger partial charge in [-0.05, 0) is 42.7 Å². The number of carbonyl (C=O) groups excluding carboxylic acids is 3. The Morgan fingerprint density at radius 1 is 0.941 bits per heavy atom. The number of hydroxylamine groups is 1. The molecule has 1 atom stereocenters. The number of benzene rings is 3. The molecule has 0 bridgehead atoms. The maximum atomic E-state index is 13.0. The van der Waals surface area contributed by atoms with E-state index in [1.807, 2.05) is 32.0 Å². The molecular weight excluding hydrogens is 434 g/mol. The highest BCUT2D eigenvalue weighted by Crippen LogP contribution is 2.39. The van der Waals surface area contributed by atoms with Gasteiger partial charge in [0.05, 0.1) is 0 Å². The Hall–Kier alpha value is -4.17. The average Bonchev–Trinajstić information content (AvgIpc) is 2.83. The predicted octanol–water partition coefficient (Wildman–Crippen LogP) is 4.01. The molecule has 34 heavy (non-hydrogen) atoms. The fourth-order valence-corrected chi connectivity index (χ4v) is 3.85. The lowest BCUT2D eigenvalue weighted by Crippen LogP contribution is -2.53. The molecule has 5 N–H and O–H groups in total. The zero-order valence-electron chi connectivity index (χ0n) is 18.9. The fraction of sp³-hybridized carbons (Fsp3) is 0.192. The molecule has 0 aromatic heterocycles. The molecule has 176 valence electrons. The van der Waals surface area contributed by atoms with Crippen LogP contribution in [0.5, 0.6) is 11.5 Å². The summed E-state index contributed by atoms with van der Waals surface area (Å²) < 4.78 is 5.88. The van der Waals surface area contributed by atoms with E-state index in [0.717, 1.165) is 0 Å². The van der Waals surface area contributed by atoms with Crippen LogP contribution in [0.1, 0.15) is 36.2 Å². The monoisotopic (exact) mass is 461 g/mol. The number of anilines is 1. The number of nitrogens with one attached hydrogen (secondary N) is 2. The van der Waals surface area contributed by atoms with Crippen LogP contribution in [0.3, 0.4) is 0 Å². The molecule has 0 saturated heterocycles. The van der Waals surface area contributed by atoms with Crippen molar-refractivity contribution >= 4 is 23.4 Å². The van der Waals surface area contributed by atoms with Crippen molar-refractivity contribution in [3.05, 3.63) is 90.0 Å². The summed E-state index contributed by atoms with van der Waals surface area (Å²) in [5.74, 6) is -1.62. The van der Waals surface area contributed by atoms with Gasteiger partial charge in [0.1, 0.15) is 11.5 Å². The van der Waals surface area contributed by atoms with Gasteiger partial charge in [-0.3, -0.25) is 19.6 Å². The van der Waals surface area contributed by atoms with Gasteiger partial charge in [0, 0.05) is 22.9 Å². The van der Waals surface area contributed by atoms with Crippen molar-refractivity contribution in [3.8, 4) is 11.5 Å². The number of amides is 3. The van der Waals surface area contributed by atoms with Crippen molar-refractivity contribution in [2.24, 2.45) is 11.7 Å². The second-order valence-electron chi connectivity index (χ2n) is 8.25. The minimum Gasteiger partial charge on any atom is -0.457 e. The summed E-state index contributed by atoms with van der Waals surface area (Å²) in [5.41, 5.74) is 6.06. The minimum atomic E-state index is -1.94. The second kappa shape index (κ2) is 10.6. The lowest BCUT2D eigenvalue weighted by atomic mass is 9.72. The molecule has 3 amide bonds. The summed E-state index contributed by atoms with van der Waals surface area (Å²) in [5, 5.41) is 12.3. The molecule has 1 unspecified atom stereocenters. The fourth-order valence-electron chi connectivity index (χ4n) is 3.85. The third-order valence-corrected chi connectivity index (χ3v) is 5.34. The van der Waals surface area contributed by atoms with Crippen molar-refractivity contribution in [1.29, 1.82) is 0 Å². The Morgan fingerprint density at radius 3 is 2.12 bits per heavy atom. The molecule has 0 aliphatic carbocycles. The van der Waals surface area contributed by atoms with Crippen molar-refractivity contribution in [2.75, 3.05) is 5.32 Å². The second-order valence-corrected chi connectivity index (χ2v) is 8.25. The van der Waals surface area contributed by atoms with Gasteiger partial charge in [0.2, 0.25) is 5.91 Å². The maximum absolute atomic E-state index is 13.0. The summed E-state index contributed by atoms with van der Waals surface area (Å²) in [4.78, 5) is 38.6. The van der Waals surface area contributed by atoms with Gasteiger partial charge in [0.15, 0.2) is 5.41 Å². The molecule has 0 radical (unpaired) electrons. The van der Waals surface area contributed by atoms with Gasteiger partial charge >= 0.3 is 0 Å². The largest absolute Gasteiger partial charge is 0.457 e. The molecule has 0 heterocycles. The number of ether oxygens (including phenoxy) is 1. The molecule has 3 aromatic rings. The molecule has 0 aliphatic rings. The highest BCUT2D eigenvalue weighted by molar-refractivity contribution is 6.12. The lowest BCUT2D eigenvalue weighted by molar-refractivity contribution is -0.142. The van der Waals surface area contributed by atoms with Crippen LogP contribution >= 0.6 is 0 Å². The summed E-state index contributed by atoms with van der Waals surface area (Å²) >= 11 is 0. The Morgan fingerprint density at radius 2 is 1.56 bits per heavy atom. The van der Waals surface area contributed by atoms with Gasteiger partial charge in [-0.2, -0.15) is 0 Å². The van der Waals surface area contributed by atoms with Crippen molar-refractivity contribution in [3.63, 3.8) is 0 Å². The number of carbonyl (C=O) groups is 3. The summed E-state index contributed by atoms with van der Waals surface area (Å²) in [6, 6.07) is 22.1. The first-order valence-corrected chi connectivity index (χ1v) is 10.8. The van der Waals surface area contributed by atoms with E-state index in [9.17, 15) is 19.6 Å². The van der Waals surface area contributed by atoms with Crippen molar-refractivity contribution in [2.45, 2.75) is 25.7 Å². The Balaban J connectivity index is 2.16. The molecule has 8 nitrogen and oxygen atoms in total. The lowest BCUT2D eigenvalue weighted by Gasteiger charge is -2.32. The Kier molecular flexibility index (Phi) is 7.65. The molecule has 3 aromatic carbocycles. The third-order valence-electron chi connectivity index (χ3n) is 5.34. The number of rotatable bonds is 9. The third kappa shape index (κ3) is 5.24. The van der Waals surface area contributed by atoms with E-state index in [1.165, 1.54) is 12.1 Å². The number of para-hydroxylation sites is 1. The smallest absolute Gasteiger partial charge is 0.263 e. The topological polar surface area (TPSA) is 131 Å². The van der Waals surface area contributed by atoms with Crippen LogP contribution in [0.2, 0.25) is 0 Å². The average molecular weight is 462 g/mol. The summed E-state index contributed by atoms with van der Waals surface area (Å²) in [6.45, 7) is 3.63. The summed E-state index contributed by atoms with van der Waals surface area (Å²) in [7, 11) is 0. The van der Waals surface area contributed by atoms with Crippen LogP contribution in [0, 0.1) is 5.92 Å². The first-order valence-electron chi connectivity index (χ1n) is 10.8. The van der Waals surface area contributed by atoms with E-state index in [1.54, 1.807) is 54.0 Å². The van der Waals surface area contributed by atoms with Gasteiger partial charge in [-0.15, -0.1) is 0 Å². The molecule has 3 rings (SSSR count). The van der Waals surface area contributed by atoms with Crippen molar-refractivity contribution in [1.82, 2.24) is 5.48 Å². The van der Waals surface area contributed by atoms with Gasteiger partial charge in [-0.25, -0.2) is 5.48 Å². The number of hydrogen-bond donors (Lipinski definition) is 4. The van der Waals surface area contributed by atoms with E-state index in [2.05, 4.69) is 5.32 Å². The van der Waals surface area contributed by atoms with Gasteiger partial charge in [-0.1, -0.05) is 56.3 Å². The molecule has 0 aliphatic heterocycles. The molecule has 0 saturated carbocycles. The summed E-state index contributed by atoms with van der Waals surface area (Å²) in [6.07, 6.45) is 0.00181. The first kappa shape index (κ1) is 24.5. The standard InChI is InChI=1S/C26H27N3O5/c1-17(2)16-26(24(27)31,25(32)29-33)21-14-13-20(34-19-11-7-4-8-12-19)15-22(21)28-23(30)18-9-5-3-6-10-18/h3-15,17,33H,16H2,1-2H3,(H2,27,31)(H,28,30)(H,29,32). The van der Waals surface area contributed by atoms with Crippen LogP contribution in [0.4, 0.5) is 5.69 Å². The predicted molar refractivity (Wildman–Crippen MR) is 128 cm³/mol. The van der Waals surface area contributed by atoms with E-state index in [4.69, 9.17) is 10.5 Å². The quantitative estimate of drug-likeness (QED) is 0.217. The van der Waals surface area contributed by atoms with Crippen LogP contribution in [0.25, 0.3) is 0 Å². The minimum absolute atomic E-state index is 0.00181. The van der Waals surface area contributed by atoms with Crippen LogP contribution in [-0.4, -0.2) is 22.9 Å². The SMILES string of the molecule is CC(C)CC(C(N)=O)(C(=O)NO)c1ccc(Oc2ccccc2)cc1NC(=O)c1ccccc1. The number of nitrogens with two attached hydrogens (primary N) is 1. The number of hydrogen-bond acceptors (Lipinski definition) is 5. The normalized spacial score (nSPS) is 12.5. The Bertz CT molecular complexity index is 1170. The highest BCUT2D eigenvalue weighted by atomic mass is 16.5. The van der Waals surface area contributed by atoms with Crippen molar-refractivity contribution < 1.29 is 24.3 Å². The van der Waals surface area contributed by atoms with E-state index < -0.39 is 23.1 Å². The molecule has 0 fully saturated rings. The van der Waals surface area contributed by atoms with Crippen LogP contribution in [-0.2, 0) is 15.0 Å². The van der Waals surface area contributed by atoms with Crippen LogP contribution in [0.15, 0.2) is 78.9 Å². The number of primary amides is 1. The Labute approximate surface area is 197 Å². The van der Waals surface area contributed by atoms with E-state index >= 15 is 0 Å². The van der Waals surface area contributed by atoms with E-state index in [-0.39, 0.29) is 23.6 Å². The first-order chi connectivity index (χ1) is 16.3. The molecular formula is C26H27N3O5. The zero-order chi connectivity index (χ0) is 24.7. The maximum Gasteiger partial charge on any atom is 0.263 e. The highest BCUT2D eigenvalue weighted by Gasteiger charge is 2.48. The van der Waals surface area contributed by atoms with Gasteiger partial charge < -0.3 is 15.8 Å². The molecule has 0 spiro atoms. The molecule has 8 heteroatoms.